The second kappa shape index (κ2) is 10.0. The molecule has 2 atom stereocenters. The van der Waals surface area contributed by atoms with E-state index in [1.54, 1.807) is 11.6 Å². The minimum Gasteiger partial charge on any atom is -0.456 e. The van der Waals surface area contributed by atoms with Crippen molar-refractivity contribution in [1.82, 2.24) is 15.2 Å². The zero-order valence-electron chi connectivity index (χ0n) is 17.6. The maximum Gasteiger partial charge on any atom is 0.355 e. The summed E-state index contributed by atoms with van der Waals surface area (Å²) in [6.07, 6.45) is 3.05. The number of hydrogen-bond acceptors (Lipinski definition) is 11. The molecule has 14 heteroatoms. The van der Waals surface area contributed by atoms with E-state index in [4.69, 9.17) is 9.57 Å². The molecule has 0 spiro atoms. The van der Waals surface area contributed by atoms with Gasteiger partial charge in [-0.05, 0) is 23.8 Å². The zero-order chi connectivity index (χ0) is 24.2. The molecule has 0 bridgehead atoms. The monoisotopic (exact) mass is 503 g/mol. The van der Waals surface area contributed by atoms with E-state index in [0.29, 0.717) is 16.2 Å². The van der Waals surface area contributed by atoms with E-state index < -0.39 is 34.1 Å². The van der Waals surface area contributed by atoms with Crippen LogP contribution in [0.3, 0.4) is 0 Å². The minimum absolute atomic E-state index is 0.00432. The summed E-state index contributed by atoms with van der Waals surface area (Å²) >= 11 is 2.59. The average Bonchev–Trinajstić information content (AvgIpc) is 3.38. The highest BCUT2D eigenvalue weighted by Gasteiger charge is 2.53. The molecule has 0 radical (unpaired) electrons. The number of non-ortho nitro benzene ring substituents is 1. The molecule has 0 aliphatic carbocycles. The van der Waals surface area contributed by atoms with Gasteiger partial charge in [-0.1, -0.05) is 5.16 Å². The number of benzene rings is 1. The number of nitrogens with one attached hydrogen (secondary N) is 1. The Labute approximate surface area is 200 Å². The molecule has 1 unspecified atom stereocenters. The van der Waals surface area contributed by atoms with Crippen molar-refractivity contribution in [2.75, 3.05) is 12.9 Å². The van der Waals surface area contributed by atoms with Crippen LogP contribution in [-0.4, -0.2) is 62.6 Å². The van der Waals surface area contributed by atoms with Gasteiger partial charge >= 0.3 is 5.97 Å². The Hall–Kier alpha value is -3.78. The first-order valence-corrected chi connectivity index (χ1v) is 11.7. The molecule has 1 aromatic carbocycles. The van der Waals surface area contributed by atoms with Gasteiger partial charge in [0.05, 0.1) is 15.3 Å². The number of aromatic nitrogens is 1. The third-order valence-corrected chi connectivity index (χ3v) is 6.89. The van der Waals surface area contributed by atoms with E-state index in [-0.39, 0.29) is 23.7 Å². The first kappa shape index (κ1) is 23.4. The predicted octanol–water partition coefficient (Wildman–Crippen LogP) is 1.43. The smallest absolute Gasteiger partial charge is 0.355 e. The van der Waals surface area contributed by atoms with Crippen LogP contribution >= 0.6 is 23.1 Å². The summed E-state index contributed by atoms with van der Waals surface area (Å²) < 4.78 is 5.30. The van der Waals surface area contributed by atoms with Crippen LogP contribution in [0.2, 0.25) is 0 Å². The molecule has 1 aromatic heterocycles. The van der Waals surface area contributed by atoms with Gasteiger partial charge in [0, 0.05) is 24.1 Å². The standard InChI is InChI=1S/C20H17N5O7S2/c1-31-23-15(14-8-21-10-34-14)17(26)22-16-18(27)24-13(6-7-33-19(16)24)20(28)32-9-11-2-4-12(5-3-11)25(29)30/h2-6,8,10,16,19H,7,9H2,1H3,(H,22,26)/t16?,19-/m0/s1. The highest BCUT2D eigenvalue weighted by atomic mass is 32.2. The van der Waals surface area contributed by atoms with E-state index in [0.717, 1.165) is 0 Å². The number of rotatable bonds is 8. The summed E-state index contributed by atoms with van der Waals surface area (Å²) in [5, 5.41) is 16.7. The molecule has 4 rings (SSSR count). The van der Waals surface area contributed by atoms with Crippen molar-refractivity contribution in [3.8, 4) is 0 Å². The van der Waals surface area contributed by atoms with Gasteiger partial charge in [0.25, 0.3) is 17.5 Å². The molecule has 2 aromatic rings. The summed E-state index contributed by atoms with van der Waals surface area (Å²) in [5.74, 6) is -1.31. The highest BCUT2D eigenvalue weighted by molar-refractivity contribution is 8.00. The molecule has 34 heavy (non-hydrogen) atoms. The van der Waals surface area contributed by atoms with Crippen molar-refractivity contribution < 1.29 is 28.9 Å². The number of oxime groups is 1. The fourth-order valence-corrected chi connectivity index (χ4v) is 5.09. The third kappa shape index (κ3) is 4.63. The van der Waals surface area contributed by atoms with Crippen LogP contribution in [0.15, 0.2) is 52.9 Å². The molecular weight excluding hydrogens is 486 g/mol. The number of carbonyl (C=O) groups excluding carboxylic acids is 3. The van der Waals surface area contributed by atoms with E-state index in [9.17, 15) is 24.5 Å². The lowest BCUT2D eigenvalue weighted by Crippen LogP contribution is -2.70. The predicted molar refractivity (Wildman–Crippen MR) is 122 cm³/mol. The van der Waals surface area contributed by atoms with Crippen molar-refractivity contribution in [2.45, 2.75) is 18.0 Å². The average molecular weight is 504 g/mol. The third-order valence-electron chi connectivity index (χ3n) is 4.92. The number of amides is 2. The van der Waals surface area contributed by atoms with Gasteiger partial charge in [-0.2, -0.15) is 0 Å². The lowest BCUT2D eigenvalue weighted by molar-refractivity contribution is -0.384. The topological polar surface area (TPSA) is 153 Å². The van der Waals surface area contributed by atoms with Crippen LogP contribution in [0.5, 0.6) is 0 Å². The SMILES string of the molecule is CON=C(C(=O)NC1C(=O)N2C(C(=O)OCc3ccc([N+](=O)[O-])cc3)=CCS[C@@H]12)c1cncs1. The largest absolute Gasteiger partial charge is 0.456 e. The fraction of sp³-hybridized carbons (Fsp3) is 0.250. The van der Waals surface area contributed by atoms with Crippen LogP contribution < -0.4 is 5.32 Å². The van der Waals surface area contributed by atoms with Crippen LogP contribution in [0.4, 0.5) is 5.69 Å². The van der Waals surface area contributed by atoms with E-state index in [1.807, 2.05) is 0 Å². The molecule has 1 fully saturated rings. The Morgan fingerprint density at radius 2 is 2.12 bits per heavy atom. The molecule has 0 saturated carbocycles. The Bertz CT molecular complexity index is 1180. The quantitative estimate of drug-likeness (QED) is 0.185. The van der Waals surface area contributed by atoms with E-state index in [2.05, 4.69) is 15.5 Å². The molecule has 12 nitrogen and oxygen atoms in total. The summed E-state index contributed by atoms with van der Waals surface area (Å²) in [4.78, 5) is 58.8. The lowest BCUT2D eigenvalue weighted by Gasteiger charge is -2.48. The Kier molecular flexibility index (Phi) is 6.88. The number of fused-ring (bicyclic) bond motifs is 1. The Morgan fingerprint density at radius 3 is 2.76 bits per heavy atom. The van der Waals surface area contributed by atoms with Gasteiger partial charge in [0.1, 0.15) is 30.8 Å². The number of ether oxygens (including phenoxy) is 1. The van der Waals surface area contributed by atoms with Crippen molar-refractivity contribution in [3.05, 3.63) is 68.3 Å². The van der Waals surface area contributed by atoms with Crippen LogP contribution in [-0.2, 0) is 30.6 Å². The first-order chi connectivity index (χ1) is 16.4. The number of nitrogens with zero attached hydrogens (tertiary/aromatic N) is 4. The van der Waals surface area contributed by atoms with Gasteiger partial charge < -0.3 is 14.9 Å². The van der Waals surface area contributed by atoms with Crippen molar-refractivity contribution in [2.24, 2.45) is 5.16 Å². The summed E-state index contributed by atoms with van der Waals surface area (Å²) in [7, 11) is 1.31. The maximum atomic E-state index is 12.8. The first-order valence-electron chi connectivity index (χ1n) is 9.77. The maximum absolute atomic E-state index is 12.8. The second-order valence-electron chi connectivity index (χ2n) is 6.96. The molecule has 2 aliphatic rings. The van der Waals surface area contributed by atoms with Crippen molar-refractivity contribution in [3.63, 3.8) is 0 Å². The Morgan fingerprint density at radius 1 is 1.35 bits per heavy atom. The van der Waals surface area contributed by atoms with Gasteiger partial charge in [-0.3, -0.25) is 29.6 Å². The number of β-lactam (4-membered cyclic amide) rings is 1. The number of esters is 1. The van der Waals surface area contributed by atoms with Gasteiger partial charge in [0.2, 0.25) is 0 Å². The van der Waals surface area contributed by atoms with E-state index in [1.165, 1.54) is 65.6 Å². The highest BCUT2D eigenvalue weighted by Crippen LogP contribution is 2.38. The van der Waals surface area contributed by atoms with Crippen LogP contribution in [0, 0.1) is 10.1 Å². The zero-order valence-corrected chi connectivity index (χ0v) is 19.2. The van der Waals surface area contributed by atoms with Crippen molar-refractivity contribution in [1.29, 1.82) is 0 Å². The molecule has 176 valence electrons. The van der Waals surface area contributed by atoms with E-state index >= 15 is 0 Å². The van der Waals surface area contributed by atoms with Crippen LogP contribution in [0.25, 0.3) is 0 Å². The summed E-state index contributed by atoms with van der Waals surface area (Å²) in [6, 6.07) is 4.76. The summed E-state index contributed by atoms with van der Waals surface area (Å²) in [5.41, 5.74) is 2.12. The number of hydrogen-bond donors (Lipinski definition) is 1. The number of carbonyl (C=O) groups is 3. The number of nitro benzene ring substituents is 1. The Balaban J connectivity index is 1.38. The number of nitro groups is 1. The van der Waals surface area contributed by atoms with Gasteiger partial charge in [-0.15, -0.1) is 23.1 Å². The number of thioether (sulfide) groups is 1. The normalized spacial score (nSPS) is 19.4. The van der Waals surface area contributed by atoms with Gasteiger partial charge in [-0.25, -0.2) is 4.79 Å². The van der Waals surface area contributed by atoms with Crippen molar-refractivity contribution >= 4 is 52.3 Å². The lowest BCUT2D eigenvalue weighted by atomic mass is 10.0. The fourth-order valence-electron chi connectivity index (χ4n) is 3.30. The molecule has 1 saturated heterocycles. The molecule has 2 aliphatic heterocycles. The molecule has 3 heterocycles. The summed E-state index contributed by atoms with van der Waals surface area (Å²) in [6.45, 7) is -0.111. The molecular formula is C20H17N5O7S2. The minimum atomic E-state index is -0.848. The van der Waals surface area contributed by atoms with Crippen LogP contribution in [0.1, 0.15) is 10.4 Å². The molecule has 2 amide bonds. The number of thiazole rings is 1. The molecule has 1 N–H and O–H groups in total. The second-order valence-corrected chi connectivity index (χ2v) is 9.00. The van der Waals surface area contributed by atoms with Gasteiger partial charge in [0.15, 0.2) is 5.71 Å².